The minimum atomic E-state index is -1.18. The van der Waals surface area contributed by atoms with E-state index in [0.717, 1.165) is 19.4 Å². The zero-order valence-electron chi connectivity index (χ0n) is 27.8. The number of primary amides is 2. The number of aliphatic hydroxyl groups excluding tert-OH is 1. The van der Waals surface area contributed by atoms with Crippen LogP contribution in [0.1, 0.15) is 52.4 Å². The molecule has 1 aliphatic rings. The lowest BCUT2D eigenvalue weighted by Crippen LogP contribution is -2.34. The lowest BCUT2D eigenvalue weighted by atomic mass is 10.1. The highest BCUT2D eigenvalue weighted by Gasteiger charge is 2.20. The molecule has 1 rings (SSSR count). The van der Waals surface area contributed by atoms with E-state index in [9.17, 15) is 38.4 Å². The standard InChI is InChI=1S/2C5H10N2O3.C5H9NO2.C5H11NO2.C3H7NO3.C3H7NO2S/c2*6-3(5(9)10)1-2-4(7)8;7-5(8)4-2-1-3-6-4;1-3(2)4(6)5(7)8;4-2(1-5)3(6)7;4-2(1-7)3(5)6/h2*3H,1-2,6H2,(H2,7,8)(H,9,10);4,6H,1-3H2,(H,7,8);3-4H,6H2,1-2H3,(H,7,8);2,5H,1,4H2,(H,6,7);2,7H,1,4H2,(H,5,6)/t2*3-;2*4-;2*2-/m000000/s1. The number of nitrogens with one attached hydrogen (secondary N) is 1. The van der Waals surface area contributed by atoms with Crippen LogP contribution in [0.3, 0.4) is 0 Å². The van der Waals surface area contributed by atoms with Crippen LogP contribution in [0, 0.1) is 5.92 Å². The first-order valence-electron chi connectivity index (χ1n) is 14.5. The van der Waals surface area contributed by atoms with Crippen molar-refractivity contribution in [3.63, 3.8) is 0 Å². The Labute approximate surface area is 293 Å². The van der Waals surface area contributed by atoms with E-state index in [1.807, 2.05) is 0 Å². The molecule has 1 heterocycles. The number of amides is 2. The van der Waals surface area contributed by atoms with Gasteiger partial charge in [0.05, 0.1) is 6.61 Å². The van der Waals surface area contributed by atoms with Crippen LogP contribution < -0.4 is 45.5 Å². The number of aliphatic hydroxyl groups is 1. The molecule has 0 aromatic rings. The monoisotopic (exact) mass is 750 g/mol. The Balaban J connectivity index is -0.000000163. The highest BCUT2D eigenvalue weighted by Crippen LogP contribution is 2.03. The summed E-state index contributed by atoms with van der Waals surface area (Å²) in [5, 5.41) is 59.8. The van der Waals surface area contributed by atoms with E-state index in [4.69, 9.17) is 75.9 Å². The van der Waals surface area contributed by atoms with Gasteiger partial charge in [-0.05, 0) is 38.1 Å². The number of carbonyl (C=O) groups excluding carboxylic acids is 2. The van der Waals surface area contributed by atoms with Crippen molar-refractivity contribution < 1.29 is 74.1 Å². The molecular formula is C26H54N8O15S. The summed E-state index contributed by atoms with van der Waals surface area (Å²) in [6.07, 6.45) is 2.03. The van der Waals surface area contributed by atoms with Gasteiger partial charge in [-0.2, -0.15) is 12.6 Å². The van der Waals surface area contributed by atoms with E-state index in [0.29, 0.717) is 0 Å². The van der Waals surface area contributed by atoms with Crippen LogP contribution in [0.4, 0.5) is 0 Å². The Hall–Kier alpha value is -4.17. The first-order valence-corrected chi connectivity index (χ1v) is 15.1. The van der Waals surface area contributed by atoms with Crippen LogP contribution in [0.15, 0.2) is 0 Å². The molecule has 0 bridgehead atoms. The molecule has 0 unspecified atom stereocenters. The quantitative estimate of drug-likeness (QED) is 0.0696. The Morgan fingerprint density at radius 3 is 1.12 bits per heavy atom. The average molecular weight is 751 g/mol. The summed E-state index contributed by atoms with van der Waals surface area (Å²) in [6, 6.07) is -4.88. The minimum absolute atomic E-state index is 0.0208. The fourth-order valence-corrected chi connectivity index (χ4v) is 2.34. The number of hydrogen-bond acceptors (Lipinski definition) is 16. The lowest BCUT2D eigenvalue weighted by Gasteiger charge is -2.07. The van der Waals surface area contributed by atoms with Gasteiger partial charge in [-0.15, -0.1) is 0 Å². The molecule has 1 aliphatic heterocycles. The maximum Gasteiger partial charge on any atom is 0.322 e. The molecule has 1 fully saturated rings. The molecule has 22 N–H and O–H groups in total. The molecule has 0 aliphatic carbocycles. The largest absolute Gasteiger partial charge is 0.480 e. The van der Waals surface area contributed by atoms with Gasteiger partial charge in [0.2, 0.25) is 11.8 Å². The smallest absolute Gasteiger partial charge is 0.322 e. The minimum Gasteiger partial charge on any atom is -0.480 e. The summed E-state index contributed by atoms with van der Waals surface area (Å²) in [6.45, 7) is 3.91. The van der Waals surface area contributed by atoms with Crippen LogP contribution in [-0.4, -0.2) is 139 Å². The van der Waals surface area contributed by atoms with Crippen molar-refractivity contribution in [2.75, 3.05) is 18.9 Å². The third-order valence-corrected chi connectivity index (χ3v) is 5.82. The van der Waals surface area contributed by atoms with Crippen molar-refractivity contribution in [2.45, 2.75) is 88.6 Å². The maximum absolute atomic E-state index is 10.1. The number of hydrogen-bond donors (Lipinski definition) is 16. The molecule has 0 spiro atoms. The number of carboxylic acids is 6. The molecule has 0 aromatic heterocycles. The van der Waals surface area contributed by atoms with E-state index < -0.39 is 84.4 Å². The first kappa shape index (κ1) is 55.2. The van der Waals surface area contributed by atoms with Gasteiger partial charge in [-0.3, -0.25) is 38.4 Å². The number of thiol groups is 1. The number of carbonyl (C=O) groups is 8. The fraction of sp³-hybridized carbons (Fsp3) is 0.692. The molecule has 6 atom stereocenters. The van der Waals surface area contributed by atoms with Gasteiger partial charge in [0.25, 0.3) is 0 Å². The molecule has 23 nitrogen and oxygen atoms in total. The third kappa shape index (κ3) is 40.0. The fourth-order valence-electron chi connectivity index (χ4n) is 2.18. The number of aliphatic carboxylic acids is 6. The van der Waals surface area contributed by atoms with Gasteiger partial charge in [0.1, 0.15) is 36.3 Å². The molecule has 2 amide bonds. The van der Waals surface area contributed by atoms with Crippen LogP contribution in [0.2, 0.25) is 0 Å². The molecule has 24 heteroatoms. The predicted molar refractivity (Wildman–Crippen MR) is 179 cm³/mol. The van der Waals surface area contributed by atoms with Crippen molar-refractivity contribution in [3.05, 3.63) is 0 Å². The topological polar surface area (TPSA) is 472 Å². The summed E-state index contributed by atoms with van der Waals surface area (Å²) in [7, 11) is 0. The van der Waals surface area contributed by atoms with Crippen LogP contribution >= 0.6 is 12.6 Å². The SMILES string of the molecule is CC(C)[C@H](N)C(=O)O.NC(=O)CC[C@H](N)C(=O)O.NC(=O)CC[C@H](N)C(=O)O.N[C@@H](CO)C(=O)O.N[C@@H](CS)C(=O)O.O=C(O)[C@@H]1CCCN1. The number of carboxylic acid groups (broad SMARTS) is 6. The van der Waals surface area contributed by atoms with E-state index in [1.54, 1.807) is 13.8 Å². The Kier molecular flexibility index (Phi) is 36.8. The molecule has 0 saturated carbocycles. The lowest BCUT2D eigenvalue weighted by molar-refractivity contribution is -0.140. The Morgan fingerprint density at radius 2 is 1.02 bits per heavy atom. The normalized spacial score (nSPS) is 15.5. The highest BCUT2D eigenvalue weighted by atomic mass is 32.1. The van der Waals surface area contributed by atoms with Gasteiger partial charge in [-0.25, -0.2) is 0 Å². The second-order valence-corrected chi connectivity index (χ2v) is 10.6. The molecule has 1 saturated heterocycles. The maximum atomic E-state index is 10.1. The molecular weight excluding hydrogens is 696 g/mol. The zero-order valence-corrected chi connectivity index (χ0v) is 28.7. The third-order valence-electron chi connectivity index (χ3n) is 5.43. The highest BCUT2D eigenvalue weighted by molar-refractivity contribution is 7.80. The van der Waals surface area contributed by atoms with Crippen LogP contribution in [0.25, 0.3) is 0 Å². The van der Waals surface area contributed by atoms with Crippen molar-refractivity contribution >= 4 is 60.3 Å². The summed E-state index contributed by atoms with van der Waals surface area (Å²) in [5.74, 6) is -6.90. The van der Waals surface area contributed by atoms with Crippen molar-refractivity contribution in [3.8, 4) is 0 Å². The molecule has 0 aromatic carbocycles. The summed E-state index contributed by atoms with van der Waals surface area (Å²) in [4.78, 5) is 79.8. The summed E-state index contributed by atoms with van der Waals surface area (Å²) >= 11 is 3.65. The molecule has 50 heavy (non-hydrogen) atoms. The van der Waals surface area contributed by atoms with Gasteiger partial charge < -0.3 is 81.2 Å². The summed E-state index contributed by atoms with van der Waals surface area (Å²) in [5.41, 5.74) is 34.5. The second-order valence-electron chi connectivity index (χ2n) is 10.2. The first-order chi connectivity index (χ1) is 22.8. The Morgan fingerprint density at radius 1 is 0.660 bits per heavy atom. The van der Waals surface area contributed by atoms with Crippen LogP contribution in [-0.2, 0) is 38.4 Å². The van der Waals surface area contributed by atoms with E-state index in [1.165, 1.54) is 0 Å². The van der Waals surface area contributed by atoms with Gasteiger partial charge in [0.15, 0.2) is 0 Å². The van der Waals surface area contributed by atoms with E-state index in [-0.39, 0.29) is 43.4 Å². The predicted octanol–water partition coefficient (Wildman–Crippen LogP) is -5.08. The number of rotatable bonds is 15. The van der Waals surface area contributed by atoms with E-state index in [2.05, 4.69) is 17.9 Å². The average Bonchev–Trinajstić information content (AvgIpc) is 3.58. The number of nitrogens with two attached hydrogens (primary N) is 7. The van der Waals surface area contributed by atoms with Gasteiger partial charge in [0, 0.05) is 18.6 Å². The zero-order chi connectivity index (χ0) is 40.7. The van der Waals surface area contributed by atoms with Crippen LogP contribution in [0.5, 0.6) is 0 Å². The van der Waals surface area contributed by atoms with Gasteiger partial charge in [-0.1, -0.05) is 13.8 Å². The van der Waals surface area contributed by atoms with Crippen molar-refractivity contribution in [1.29, 1.82) is 0 Å². The Bertz CT molecular complexity index is 967. The van der Waals surface area contributed by atoms with Crippen molar-refractivity contribution in [2.24, 2.45) is 46.1 Å². The van der Waals surface area contributed by atoms with Crippen molar-refractivity contribution in [1.82, 2.24) is 5.32 Å². The molecule has 294 valence electrons. The summed E-state index contributed by atoms with van der Waals surface area (Å²) < 4.78 is 0. The van der Waals surface area contributed by atoms with E-state index >= 15 is 0 Å². The molecule has 0 radical (unpaired) electrons. The van der Waals surface area contributed by atoms with Gasteiger partial charge >= 0.3 is 35.8 Å². The second kappa shape index (κ2) is 33.3.